The standard InChI is InChI=1S/C27H30BClN4O9/c1-14(34)17-5-3-4-15-12-16(28(41)42-24(15)17)13-20(36)22(18-6-7-19(35)23(37)21(18)29)31-27(40)33-11-10-32(9-8-30-2)25(38)26(33)39/h3-7,16,22,30,35,37,41H,8-13H2,1-2H3,(H,31,40)/t16-,22?/m1/s1. The van der Waals surface area contributed by atoms with Gasteiger partial charge in [-0.15, -0.1) is 0 Å². The molecule has 1 fully saturated rings. The van der Waals surface area contributed by atoms with Crippen molar-refractivity contribution in [3.8, 4) is 17.2 Å². The lowest BCUT2D eigenvalue weighted by Crippen LogP contribution is -2.59. The Bertz CT molecular complexity index is 1440. The molecule has 42 heavy (non-hydrogen) atoms. The number of hydrogen-bond acceptors (Lipinski definition) is 10. The number of nitrogens with zero attached hydrogens (tertiary/aromatic N) is 2. The van der Waals surface area contributed by atoms with E-state index < -0.39 is 59.1 Å². The van der Waals surface area contributed by atoms with Crippen LogP contribution >= 0.6 is 11.6 Å². The molecule has 2 aromatic carbocycles. The molecule has 0 spiro atoms. The number of para-hydroxylation sites is 1. The van der Waals surface area contributed by atoms with E-state index in [0.29, 0.717) is 17.0 Å². The number of likely N-dealkylation sites (N-methyl/N-ethyl adjacent to an activating group) is 1. The molecule has 0 saturated carbocycles. The minimum absolute atomic E-state index is 0.0813. The maximum atomic E-state index is 13.7. The lowest BCUT2D eigenvalue weighted by atomic mass is 9.64. The normalized spacial score (nSPS) is 17.4. The fourth-order valence-electron chi connectivity index (χ4n) is 4.97. The van der Waals surface area contributed by atoms with E-state index in [9.17, 15) is 39.2 Å². The predicted molar refractivity (Wildman–Crippen MR) is 150 cm³/mol. The molecule has 2 aromatic rings. The Balaban J connectivity index is 1.58. The number of benzene rings is 2. The van der Waals surface area contributed by atoms with Crippen LogP contribution < -0.4 is 15.3 Å². The molecule has 2 aliphatic rings. The van der Waals surface area contributed by atoms with E-state index in [-0.39, 0.29) is 55.1 Å². The Morgan fingerprint density at radius 1 is 1.14 bits per heavy atom. The first kappa shape index (κ1) is 30.8. The highest BCUT2D eigenvalue weighted by molar-refractivity contribution is 6.47. The monoisotopic (exact) mass is 600 g/mol. The Morgan fingerprint density at radius 2 is 1.88 bits per heavy atom. The number of Topliss-reactive ketones (excluding diaryl/α,β-unsaturated/α-hetero) is 2. The van der Waals surface area contributed by atoms with Crippen LogP contribution in [0.1, 0.15) is 40.9 Å². The van der Waals surface area contributed by atoms with Gasteiger partial charge in [-0.3, -0.25) is 24.1 Å². The minimum atomic E-state index is -1.54. The number of urea groups is 1. The third-order valence-corrected chi connectivity index (χ3v) is 7.67. The zero-order valence-electron chi connectivity index (χ0n) is 22.9. The molecule has 13 nitrogen and oxygen atoms in total. The van der Waals surface area contributed by atoms with Crippen molar-refractivity contribution < 1.29 is 43.9 Å². The van der Waals surface area contributed by atoms with Crippen LogP contribution in [0.3, 0.4) is 0 Å². The van der Waals surface area contributed by atoms with Crippen LogP contribution in [0.5, 0.6) is 17.2 Å². The second kappa shape index (κ2) is 12.8. The van der Waals surface area contributed by atoms with Gasteiger partial charge in [0.25, 0.3) is 0 Å². The Morgan fingerprint density at radius 3 is 2.57 bits per heavy atom. The van der Waals surface area contributed by atoms with Gasteiger partial charge < -0.3 is 35.4 Å². The van der Waals surface area contributed by atoms with Gasteiger partial charge in [0.1, 0.15) is 11.8 Å². The highest BCUT2D eigenvalue weighted by Crippen LogP contribution is 2.41. The lowest BCUT2D eigenvalue weighted by molar-refractivity contribution is -0.153. The van der Waals surface area contributed by atoms with Crippen molar-refractivity contribution in [3.05, 3.63) is 52.0 Å². The maximum Gasteiger partial charge on any atom is 0.526 e. The number of carbonyl (C=O) groups excluding carboxylic acids is 5. The van der Waals surface area contributed by atoms with Crippen LogP contribution in [0.15, 0.2) is 30.3 Å². The van der Waals surface area contributed by atoms with Gasteiger partial charge in [-0.1, -0.05) is 29.8 Å². The SMILES string of the molecule is CNCCN1CCN(C(=O)NC(C(=O)C[C@H]2Cc3cccc(C(C)=O)c3OB2O)c2ccc(O)c(O)c2Cl)C(=O)C1=O. The fourth-order valence-corrected chi connectivity index (χ4v) is 5.23. The Labute approximate surface area is 246 Å². The number of halogens is 1. The summed E-state index contributed by atoms with van der Waals surface area (Å²) in [5, 5.41) is 35.7. The molecule has 2 atom stereocenters. The number of hydrogen-bond donors (Lipinski definition) is 5. The van der Waals surface area contributed by atoms with E-state index >= 15 is 0 Å². The van der Waals surface area contributed by atoms with E-state index in [1.165, 1.54) is 17.9 Å². The zero-order valence-corrected chi connectivity index (χ0v) is 23.7. The van der Waals surface area contributed by atoms with Crippen molar-refractivity contribution in [1.29, 1.82) is 0 Å². The van der Waals surface area contributed by atoms with Crippen LogP contribution in [0, 0.1) is 0 Å². The van der Waals surface area contributed by atoms with Crippen molar-refractivity contribution in [2.45, 2.75) is 31.6 Å². The molecule has 0 aliphatic carbocycles. The second-order valence-electron chi connectivity index (χ2n) is 10.1. The van der Waals surface area contributed by atoms with Crippen LogP contribution in [-0.4, -0.2) is 94.8 Å². The van der Waals surface area contributed by atoms with Crippen LogP contribution in [0.4, 0.5) is 4.79 Å². The van der Waals surface area contributed by atoms with Gasteiger partial charge in [0.15, 0.2) is 23.1 Å². The van der Waals surface area contributed by atoms with E-state index in [2.05, 4.69) is 10.6 Å². The first-order chi connectivity index (χ1) is 19.9. The summed E-state index contributed by atoms with van der Waals surface area (Å²) in [7, 11) is 0.229. The number of carbonyl (C=O) groups is 5. The number of amides is 4. The van der Waals surface area contributed by atoms with Crippen molar-refractivity contribution in [2.75, 3.05) is 33.2 Å². The van der Waals surface area contributed by atoms with E-state index in [0.717, 1.165) is 6.07 Å². The number of nitrogens with one attached hydrogen (secondary N) is 2. The van der Waals surface area contributed by atoms with Gasteiger partial charge in [0.05, 0.1) is 10.6 Å². The Hall–Kier alpha value is -4.14. The van der Waals surface area contributed by atoms with Gasteiger partial charge in [-0.2, -0.15) is 0 Å². The van der Waals surface area contributed by atoms with Gasteiger partial charge in [0.2, 0.25) is 0 Å². The van der Waals surface area contributed by atoms with Gasteiger partial charge in [-0.05, 0) is 38.1 Å². The average molecular weight is 601 g/mol. The second-order valence-corrected chi connectivity index (χ2v) is 10.4. The summed E-state index contributed by atoms with van der Waals surface area (Å²) in [6.07, 6.45) is -0.182. The summed E-state index contributed by atoms with van der Waals surface area (Å²) >= 11 is 6.24. The molecule has 15 heteroatoms. The molecule has 0 bridgehead atoms. The predicted octanol–water partition coefficient (Wildman–Crippen LogP) is 1.04. The molecule has 2 aliphatic heterocycles. The van der Waals surface area contributed by atoms with Crippen LogP contribution in [-0.2, 0) is 20.8 Å². The molecule has 2 heterocycles. The fraction of sp³-hybridized carbons (Fsp3) is 0.370. The zero-order chi connectivity index (χ0) is 30.7. The van der Waals surface area contributed by atoms with Gasteiger partial charge >= 0.3 is 25.0 Å². The maximum absolute atomic E-state index is 13.7. The number of phenolic OH excluding ortho intramolecular Hbond substituents is 2. The van der Waals surface area contributed by atoms with Gasteiger partial charge in [0, 0.05) is 44.0 Å². The Kier molecular flexibility index (Phi) is 9.39. The van der Waals surface area contributed by atoms with Gasteiger partial charge in [-0.25, -0.2) is 4.79 Å². The highest BCUT2D eigenvalue weighted by atomic mass is 35.5. The smallest absolute Gasteiger partial charge is 0.526 e. The molecule has 222 valence electrons. The molecule has 4 amide bonds. The molecule has 4 rings (SSSR count). The van der Waals surface area contributed by atoms with E-state index in [4.69, 9.17) is 16.3 Å². The summed E-state index contributed by atoms with van der Waals surface area (Å²) in [4.78, 5) is 66.2. The quantitative estimate of drug-likeness (QED) is 0.120. The molecular weight excluding hydrogens is 571 g/mol. The molecule has 5 N–H and O–H groups in total. The first-order valence-electron chi connectivity index (χ1n) is 13.2. The largest absolute Gasteiger partial charge is 0.535 e. The van der Waals surface area contributed by atoms with Crippen molar-refractivity contribution in [2.24, 2.45) is 0 Å². The lowest BCUT2D eigenvalue weighted by Gasteiger charge is -2.33. The number of phenols is 2. The third-order valence-electron chi connectivity index (χ3n) is 7.27. The molecule has 0 aromatic heterocycles. The number of piperazine rings is 1. The van der Waals surface area contributed by atoms with Crippen molar-refractivity contribution in [3.63, 3.8) is 0 Å². The number of fused-ring (bicyclic) bond motifs is 1. The van der Waals surface area contributed by atoms with E-state index in [1.54, 1.807) is 25.2 Å². The van der Waals surface area contributed by atoms with E-state index in [1.807, 2.05) is 0 Å². The topological polar surface area (TPSA) is 186 Å². The molecule has 1 saturated heterocycles. The average Bonchev–Trinajstić information content (AvgIpc) is 2.95. The number of ketones is 2. The molecule has 1 unspecified atom stereocenters. The summed E-state index contributed by atoms with van der Waals surface area (Å²) < 4.78 is 5.62. The summed E-state index contributed by atoms with van der Waals surface area (Å²) in [6.45, 7) is 2.04. The highest BCUT2D eigenvalue weighted by Gasteiger charge is 2.41. The van der Waals surface area contributed by atoms with Crippen molar-refractivity contribution in [1.82, 2.24) is 20.4 Å². The summed E-state index contributed by atoms with van der Waals surface area (Å²) in [6, 6.07) is 4.66. The van der Waals surface area contributed by atoms with Crippen LogP contribution in [0.25, 0.3) is 0 Å². The molecular formula is C27H30BClN4O9. The minimum Gasteiger partial charge on any atom is -0.535 e. The summed E-state index contributed by atoms with van der Waals surface area (Å²) in [5.74, 6) is -4.72. The number of imide groups is 1. The molecule has 0 radical (unpaired) electrons. The van der Waals surface area contributed by atoms with Crippen LogP contribution in [0.2, 0.25) is 10.8 Å². The van der Waals surface area contributed by atoms with Crippen molar-refractivity contribution >= 4 is 48.1 Å². The third kappa shape index (κ3) is 6.20. The number of rotatable bonds is 9. The summed E-state index contributed by atoms with van der Waals surface area (Å²) in [5.41, 5.74) is 0.812. The first-order valence-corrected chi connectivity index (χ1v) is 13.6. The number of aromatic hydroxyl groups is 2.